The van der Waals surface area contributed by atoms with Crippen molar-refractivity contribution >= 4 is 5.97 Å². The van der Waals surface area contributed by atoms with Crippen LogP contribution in [0.3, 0.4) is 0 Å². The summed E-state index contributed by atoms with van der Waals surface area (Å²) < 4.78 is 0. The van der Waals surface area contributed by atoms with Gasteiger partial charge >= 0.3 is 5.97 Å². The first-order valence-corrected chi connectivity index (χ1v) is 2.34. The van der Waals surface area contributed by atoms with Crippen molar-refractivity contribution in [1.29, 1.82) is 0 Å². The van der Waals surface area contributed by atoms with Crippen molar-refractivity contribution in [3.05, 3.63) is 0 Å². The fourth-order valence-electron chi connectivity index (χ4n) is 0.308. The Kier molecular flexibility index (Phi) is 3.94. The first-order chi connectivity index (χ1) is 4.22. The lowest BCUT2D eigenvalue weighted by Gasteiger charge is -2.07. The summed E-state index contributed by atoms with van der Waals surface area (Å²) in [5.74, 6) is -1.14. The molecule has 0 radical (unpaired) electrons. The van der Waals surface area contributed by atoms with Crippen LogP contribution in [-0.4, -0.2) is 35.9 Å². The summed E-state index contributed by atoms with van der Waals surface area (Å²) in [6.07, 6.45) is 0. The van der Waals surface area contributed by atoms with Gasteiger partial charge in [-0.15, -0.1) is 0 Å². The summed E-state index contributed by atoms with van der Waals surface area (Å²) in [5.41, 5.74) is 2.08. The van der Waals surface area contributed by atoms with Crippen LogP contribution in [0.4, 0.5) is 0 Å². The van der Waals surface area contributed by atoms with Gasteiger partial charge in [0, 0.05) is 0 Å². The Balaban J connectivity index is 3.54. The highest BCUT2D eigenvalue weighted by molar-refractivity contribution is 5.73. The molecule has 54 valence electrons. The van der Waals surface area contributed by atoms with E-state index in [-0.39, 0.29) is 0 Å². The normalized spacial score (nSPS) is 13.1. The molecule has 0 aromatic rings. The molecule has 0 saturated carbocycles. The minimum Gasteiger partial charge on any atom is -0.480 e. The fourth-order valence-corrected chi connectivity index (χ4v) is 0.308. The minimum absolute atomic E-state index is 0.483. The molecule has 0 heterocycles. The van der Waals surface area contributed by atoms with Gasteiger partial charge in [0.2, 0.25) is 0 Å². The van der Waals surface area contributed by atoms with E-state index < -0.39 is 18.6 Å². The molecule has 0 rings (SSSR count). The highest BCUT2D eigenvalue weighted by Crippen LogP contribution is 1.79. The third-order valence-electron chi connectivity index (χ3n) is 0.741. The van der Waals surface area contributed by atoms with Crippen molar-refractivity contribution < 1.29 is 19.8 Å². The van der Waals surface area contributed by atoms with Gasteiger partial charge in [-0.1, -0.05) is 0 Å². The predicted octanol–water partition coefficient (Wildman–Crippen LogP) is -1.42. The molecule has 1 atom stereocenters. The maximum atomic E-state index is 10.0. The van der Waals surface area contributed by atoms with Crippen LogP contribution in [0.15, 0.2) is 0 Å². The molecule has 0 aromatic carbocycles. The lowest BCUT2D eigenvalue weighted by Crippen LogP contribution is -2.38. The second-order valence-corrected chi connectivity index (χ2v) is 1.40. The summed E-state index contributed by atoms with van der Waals surface area (Å²) in [7, 11) is 1.28. The Bertz CT molecular complexity index is 94.6. The maximum Gasteiger partial charge on any atom is 0.325 e. The molecular formula is C4H9NO4. The molecule has 0 saturated heterocycles. The summed E-state index contributed by atoms with van der Waals surface area (Å²) >= 11 is 0. The Morgan fingerprint density at radius 1 is 1.89 bits per heavy atom. The quantitative estimate of drug-likeness (QED) is 0.412. The van der Waals surface area contributed by atoms with Gasteiger partial charge in [-0.3, -0.25) is 4.79 Å². The molecule has 0 spiro atoms. The Hall–Kier alpha value is -0.650. The second-order valence-electron chi connectivity index (χ2n) is 1.40. The maximum absolute atomic E-state index is 10.0. The van der Waals surface area contributed by atoms with Gasteiger partial charge < -0.3 is 15.1 Å². The van der Waals surface area contributed by atoms with Crippen LogP contribution in [-0.2, 0) is 9.63 Å². The minimum atomic E-state index is -1.14. The first kappa shape index (κ1) is 8.35. The van der Waals surface area contributed by atoms with E-state index in [1.165, 1.54) is 7.11 Å². The molecule has 5 nitrogen and oxygen atoms in total. The van der Waals surface area contributed by atoms with E-state index in [1.54, 1.807) is 0 Å². The molecule has 0 fully saturated rings. The third-order valence-corrected chi connectivity index (χ3v) is 0.741. The molecule has 0 aromatic heterocycles. The topological polar surface area (TPSA) is 78.8 Å². The monoisotopic (exact) mass is 135 g/mol. The molecule has 0 aliphatic rings. The second kappa shape index (κ2) is 4.25. The van der Waals surface area contributed by atoms with E-state index in [2.05, 4.69) is 10.3 Å². The summed E-state index contributed by atoms with van der Waals surface area (Å²) in [6, 6.07) is -1.03. The van der Waals surface area contributed by atoms with Crippen molar-refractivity contribution in [3.63, 3.8) is 0 Å². The number of aliphatic carboxylic acids is 1. The predicted molar refractivity (Wildman–Crippen MR) is 28.7 cm³/mol. The van der Waals surface area contributed by atoms with Crippen LogP contribution in [0.5, 0.6) is 0 Å². The van der Waals surface area contributed by atoms with E-state index >= 15 is 0 Å². The van der Waals surface area contributed by atoms with Gasteiger partial charge in [-0.2, -0.15) is 5.48 Å². The SMILES string of the molecule is CON[C@H](CO)C(=O)O. The standard InChI is InChI=1S/C4H9NO4/c1-9-5-3(2-6)4(7)8/h3,5-6H,2H2,1H3,(H,7,8)/t3-/m1/s1. The Morgan fingerprint density at radius 2 is 2.44 bits per heavy atom. The Labute approximate surface area is 52.2 Å². The zero-order valence-electron chi connectivity index (χ0n) is 5.00. The van der Waals surface area contributed by atoms with E-state index in [0.29, 0.717) is 0 Å². The number of hydroxylamine groups is 1. The molecule has 5 heteroatoms. The number of rotatable bonds is 4. The number of aliphatic hydroxyl groups is 1. The van der Waals surface area contributed by atoms with Gasteiger partial charge in [0.05, 0.1) is 13.7 Å². The van der Waals surface area contributed by atoms with Crippen LogP contribution in [0.2, 0.25) is 0 Å². The van der Waals surface area contributed by atoms with Gasteiger partial charge in [-0.05, 0) is 0 Å². The smallest absolute Gasteiger partial charge is 0.325 e. The van der Waals surface area contributed by atoms with Crippen LogP contribution in [0, 0.1) is 0 Å². The van der Waals surface area contributed by atoms with Crippen LogP contribution < -0.4 is 5.48 Å². The van der Waals surface area contributed by atoms with Crippen molar-refractivity contribution in [1.82, 2.24) is 5.48 Å². The van der Waals surface area contributed by atoms with Gasteiger partial charge in [0.1, 0.15) is 0 Å². The number of aliphatic hydroxyl groups excluding tert-OH is 1. The lowest BCUT2D eigenvalue weighted by atomic mass is 10.3. The van der Waals surface area contributed by atoms with Gasteiger partial charge in [-0.25, -0.2) is 0 Å². The van der Waals surface area contributed by atoms with E-state index in [1.807, 2.05) is 0 Å². The number of nitrogens with one attached hydrogen (secondary N) is 1. The van der Waals surface area contributed by atoms with Crippen molar-refractivity contribution in [2.75, 3.05) is 13.7 Å². The molecule has 0 bridgehead atoms. The van der Waals surface area contributed by atoms with Crippen LogP contribution in [0.1, 0.15) is 0 Å². The van der Waals surface area contributed by atoms with E-state index in [4.69, 9.17) is 10.2 Å². The number of carbonyl (C=O) groups is 1. The zero-order valence-corrected chi connectivity index (χ0v) is 5.00. The first-order valence-electron chi connectivity index (χ1n) is 2.34. The highest BCUT2D eigenvalue weighted by atomic mass is 16.6. The number of hydrogen-bond acceptors (Lipinski definition) is 4. The van der Waals surface area contributed by atoms with E-state index in [9.17, 15) is 4.79 Å². The van der Waals surface area contributed by atoms with Crippen molar-refractivity contribution in [2.24, 2.45) is 0 Å². The Morgan fingerprint density at radius 3 is 2.56 bits per heavy atom. The summed E-state index contributed by atoms with van der Waals surface area (Å²) in [6.45, 7) is -0.483. The molecule has 0 unspecified atom stereocenters. The average Bonchev–Trinajstić information content (AvgIpc) is 1.82. The van der Waals surface area contributed by atoms with Crippen LogP contribution in [0.25, 0.3) is 0 Å². The van der Waals surface area contributed by atoms with Gasteiger partial charge in [0.25, 0.3) is 0 Å². The largest absolute Gasteiger partial charge is 0.480 e. The molecule has 3 N–H and O–H groups in total. The third kappa shape index (κ3) is 3.02. The number of carboxylic acid groups (broad SMARTS) is 1. The molecule has 0 aliphatic heterocycles. The summed E-state index contributed by atoms with van der Waals surface area (Å²) in [4.78, 5) is 14.3. The lowest BCUT2D eigenvalue weighted by molar-refractivity contribution is -0.144. The highest BCUT2D eigenvalue weighted by Gasteiger charge is 2.13. The van der Waals surface area contributed by atoms with E-state index in [0.717, 1.165) is 0 Å². The van der Waals surface area contributed by atoms with Crippen molar-refractivity contribution in [3.8, 4) is 0 Å². The molecular weight excluding hydrogens is 126 g/mol. The van der Waals surface area contributed by atoms with Crippen molar-refractivity contribution in [2.45, 2.75) is 6.04 Å². The molecule has 0 amide bonds. The average molecular weight is 135 g/mol. The fraction of sp³-hybridized carbons (Fsp3) is 0.750. The van der Waals surface area contributed by atoms with Crippen LogP contribution >= 0.6 is 0 Å². The molecule has 9 heavy (non-hydrogen) atoms. The van der Waals surface area contributed by atoms with Gasteiger partial charge in [0.15, 0.2) is 6.04 Å². The molecule has 0 aliphatic carbocycles. The zero-order chi connectivity index (χ0) is 7.28. The number of carboxylic acids is 1. The summed E-state index contributed by atoms with van der Waals surface area (Å²) in [5, 5.41) is 16.5. The number of hydrogen-bond donors (Lipinski definition) is 3.